The minimum absolute atomic E-state index is 0.150. The van der Waals surface area contributed by atoms with E-state index < -0.39 is 302 Å². The van der Waals surface area contributed by atoms with Crippen molar-refractivity contribution in [3.8, 4) is 5.75 Å². The van der Waals surface area contributed by atoms with Gasteiger partial charge in [-0.15, -0.1) is 11.8 Å². The number of aromatic nitrogens is 1. The van der Waals surface area contributed by atoms with Gasteiger partial charge in [0.2, 0.25) is 88.6 Å². The van der Waals surface area contributed by atoms with Gasteiger partial charge in [0.05, 0.1) is 30.9 Å². The maximum absolute atomic E-state index is 15.7. The first-order valence-electron chi connectivity index (χ1n) is 44.3. The average Bonchev–Trinajstić information content (AvgIpc) is 1.68. The van der Waals surface area contributed by atoms with Gasteiger partial charge in [-0.3, -0.25) is 81.5 Å². The number of primary amides is 1. The summed E-state index contributed by atoms with van der Waals surface area (Å²) in [4.78, 5) is 258. The average molecular weight is 1900 g/mol. The Morgan fingerprint density at radius 3 is 1.59 bits per heavy atom. The Kier molecular flexibility index (Phi) is 38.1. The van der Waals surface area contributed by atoms with Gasteiger partial charge < -0.3 is 109 Å². The number of thioether (sulfide) groups is 1. The van der Waals surface area contributed by atoms with Crippen molar-refractivity contribution in [1.29, 1.82) is 0 Å². The highest BCUT2D eigenvalue weighted by molar-refractivity contribution is 8.00. The molecule has 3 aliphatic rings. The molecule has 0 saturated carbocycles. The van der Waals surface area contributed by atoms with Gasteiger partial charge in [-0.2, -0.15) is 0 Å². The molecule has 42 heteroatoms. The first-order valence-corrected chi connectivity index (χ1v) is 45.5. The molecular weight excluding hydrogens is 1780 g/mol. The number of phenols is 1. The number of hydrogen-bond acceptors (Lipinski definition) is 21. The number of aliphatic hydroxyl groups is 2. The van der Waals surface area contributed by atoms with Gasteiger partial charge in [0.1, 0.15) is 84.3 Å². The minimum Gasteiger partial charge on any atom is -0.508 e. The number of amides is 15. The van der Waals surface area contributed by atoms with E-state index in [9.17, 15) is 63.5 Å². The Bertz CT molecular complexity index is 5270. The second-order valence-corrected chi connectivity index (χ2v) is 35.8. The lowest BCUT2D eigenvalue weighted by atomic mass is 9.98. The highest BCUT2D eigenvalue weighted by Crippen LogP contribution is 2.29. The molecular formula is C93H117F3N16O22S. The number of H-pyrrole nitrogens is 1. The minimum atomic E-state index is -2.08. The van der Waals surface area contributed by atoms with E-state index in [-0.39, 0.29) is 44.3 Å². The van der Waals surface area contributed by atoms with Crippen LogP contribution in [0.4, 0.5) is 13.2 Å². The molecule has 0 aliphatic carbocycles. The summed E-state index contributed by atoms with van der Waals surface area (Å²) < 4.78 is 45.1. The summed E-state index contributed by atoms with van der Waals surface area (Å²) in [6, 6.07) is 6.77. The number of hydrogen-bond donors (Lipinski definition) is 16. The van der Waals surface area contributed by atoms with Gasteiger partial charge in [0.25, 0.3) is 0 Å². The molecule has 3 saturated heterocycles. The van der Waals surface area contributed by atoms with Crippen LogP contribution in [0.5, 0.6) is 5.75 Å². The number of fused-ring (bicyclic) bond motifs is 3. The van der Waals surface area contributed by atoms with Crippen molar-refractivity contribution in [2.75, 3.05) is 52.3 Å². The number of nitrogens with one attached hydrogen (secondary N) is 10. The van der Waals surface area contributed by atoms with Crippen LogP contribution in [0.3, 0.4) is 0 Å². The lowest BCUT2D eigenvalue weighted by Crippen LogP contribution is -2.62. The molecule has 3 aliphatic heterocycles. The summed E-state index contributed by atoms with van der Waals surface area (Å²) in [5.74, 6) is -27.5. The fourth-order valence-corrected chi connectivity index (χ4v) is 17.3. The van der Waals surface area contributed by atoms with E-state index in [1.807, 2.05) is 0 Å². The standard InChI is InChI=1S/C93H117F3N16O22S/c1-9-10-25-70-92(133)112-46-58(115)41-73(112)88(129)105-67(42-78(120)121)85(126)107-80(50(4)5)93(134)109(7)71(37-51-19-13-11-14-20-51)86(127)101-63(30-31-77(118)119)90(131)111-45-57(114)40-72(111)87(128)104-66(39-55-43-98-62-24-18-17-23-59(55)62)84(125)103-65(35-53-26-28-56(113)29-27-53)83(124)102-64(32-49(2)3)82(123)106-69(81(122)99-44-75(97)116)47-135-48-76(117)100-68(36-54-33-60(94)79(96)61(95)34-54)89(130)110(8)74(91(132)108(70)6)38-52-21-15-12-16-22-52/h11-24,26-29,33-34,43,49-50,57-58,63-74,80,98,113-115H,9-10,25,30-32,35-42,44-48H2,1-8H3,(H2,97,116)(H,99,122)(H,100,117)(H,101,127)(H,102,124)(H,103,125)(H,104,128)(H,105,129)(H,106,123)(H,107,126)(H,118,119)(H,120,121)/t57-,58-,63+,64-,65+,66+,67+,68-,69+,70+,71-,72-,73-,74+,80+/m1/s1. The van der Waals surface area contributed by atoms with E-state index in [0.29, 0.717) is 63.5 Å². The Labute approximate surface area is 780 Å². The lowest BCUT2D eigenvalue weighted by molar-refractivity contribution is -0.152. The normalized spacial score (nSPS) is 24.5. The number of aliphatic carboxylic acids is 2. The monoisotopic (exact) mass is 1900 g/mol. The van der Waals surface area contributed by atoms with Crippen molar-refractivity contribution in [3.63, 3.8) is 0 Å². The predicted octanol–water partition coefficient (Wildman–Crippen LogP) is 0.667. The summed E-state index contributed by atoms with van der Waals surface area (Å²) in [5, 5.41) is 77.3. The fourth-order valence-electron chi connectivity index (χ4n) is 16.5. The van der Waals surface area contributed by atoms with Gasteiger partial charge in [-0.1, -0.05) is 138 Å². The fraction of sp³-hybridized carbons (Fsp3) is 0.473. The topological polar surface area (TPSA) is 558 Å². The van der Waals surface area contributed by atoms with Crippen molar-refractivity contribution in [2.45, 2.75) is 215 Å². The summed E-state index contributed by atoms with van der Waals surface area (Å²) in [6.07, 6.45) is -7.15. The number of likely N-dealkylation sites (N-methyl/N-ethyl adjacent to an activating group) is 3. The molecule has 0 unspecified atom stereocenters. The maximum atomic E-state index is 15.7. The van der Waals surface area contributed by atoms with Gasteiger partial charge in [0.15, 0.2) is 17.5 Å². The molecule has 5 aromatic carbocycles. The first-order chi connectivity index (χ1) is 64.0. The number of aromatic hydroxyl groups is 1. The largest absolute Gasteiger partial charge is 0.508 e. The van der Waals surface area contributed by atoms with Gasteiger partial charge in [-0.05, 0) is 89.2 Å². The first kappa shape index (κ1) is 105. The Morgan fingerprint density at radius 2 is 1.01 bits per heavy atom. The number of aliphatic hydroxyl groups excluding tert-OH is 2. The summed E-state index contributed by atoms with van der Waals surface area (Å²) >= 11 is 0.640. The molecule has 3 fully saturated rings. The third kappa shape index (κ3) is 29.2. The van der Waals surface area contributed by atoms with E-state index in [1.54, 1.807) is 112 Å². The Balaban J connectivity index is 1.15. The molecule has 1 aromatic heterocycles. The van der Waals surface area contributed by atoms with Crippen LogP contribution in [0.2, 0.25) is 0 Å². The zero-order chi connectivity index (χ0) is 98.9. The number of nitrogens with two attached hydrogens (primary N) is 1. The molecule has 17 N–H and O–H groups in total. The molecule has 15 atom stereocenters. The van der Waals surface area contributed by atoms with E-state index in [2.05, 4.69) is 52.8 Å². The van der Waals surface area contributed by atoms with Crippen LogP contribution in [-0.4, -0.2) is 299 Å². The maximum Gasteiger partial charge on any atom is 0.305 e. The Morgan fingerprint density at radius 1 is 0.511 bits per heavy atom. The SMILES string of the molecule is CCCC[C@H]1C(=O)N2C[C@H](O)C[C@@H]2C(=O)N[C@@H](CC(=O)O)C(=O)N[C@@H](C(C)C)C(=O)N(C)[C@H](Cc2ccccc2)C(=O)N[C@@H](CCC(=O)O)C(=O)N2C[C@H](O)C[C@@H]2C(=O)N[C@@H](Cc2c[nH]c3ccccc23)C(=O)N[C@@H](Cc2ccc(O)cc2)C(=O)N[C@H](CC(C)C)C(=O)N[C@H](C(=O)NCC(N)=O)CSCC(=O)N[C@H](Cc2cc(F)c(F)c(F)c2)C(=O)N(C)[C@@H](Cc2ccccc2)C(=O)N1C. The van der Waals surface area contributed by atoms with E-state index in [0.717, 1.165) is 31.5 Å². The molecule has 9 rings (SSSR count). The zero-order valence-electron chi connectivity index (χ0n) is 75.9. The van der Waals surface area contributed by atoms with Crippen LogP contribution in [0.1, 0.15) is 120 Å². The second kappa shape index (κ2) is 48.9. The van der Waals surface area contributed by atoms with Crippen molar-refractivity contribution < 1.29 is 120 Å². The third-order valence-corrected chi connectivity index (χ3v) is 24.7. The van der Waals surface area contributed by atoms with Crippen LogP contribution in [-0.2, 0) is 114 Å². The van der Waals surface area contributed by atoms with Crippen molar-refractivity contribution in [1.82, 2.24) is 77.3 Å². The number of halogens is 3. The zero-order valence-corrected chi connectivity index (χ0v) is 76.7. The number of carboxylic acids is 2. The summed E-state index contributed by atoms with van der Waals surface area (Å²) in [7, 11) is 3.54. The molecule has 0 bridgehead atoms. The molecule has 135 heavy (non-hydrogen) atoms. The van der Waals surface area contributed by atoms with E-state index in [4.69, 9.17) is 5.73 Å². The second-order valence-electron chi connectivity index (χ2n) is 34.8. The quantitative estimate of drug-likeness (QED) is 0.0370. The number of carbonyl (C=O) groups excluding carboxylic acids is 15. The number of benzene rings is 5. The van der Waals surface area contributed by atoms with Crippen molar-refractivity contribution in [3.05, 3.63) is 173 Å². The number of rotatable bonds is 24. The summed E-state index contributed by atoms with van der Waals surface area (Å²) in [6.45, 7) is 6.06. The van der Waals surface area contributed by atoms with E-state index in [1.165, 1.54) is 52.2 Å². The number of carbonyl (C=O) groups is 17. The lowest BCUT2D eigenvalue weighted by Gasteiger charge is -2.38. The number of para-hydroxylation sites is 1. The molecule has 4 heterocycles. The highest BCUT2D eigenvalue weighted by atomic mass is 32.2. The van der Waals surface area contributed by atoms with Crippen molar-refractivity contribution >= 4 is 123 Å². The highest BCUT2D eigenvalue weighted by Gasteiger charge is 2.48. The number of carboxylic acid groups (broad SMARTS) is 2. The summed E-state index contributed by atoms with van der Waals surface area (Å²) in [5.41, 5.74) is 7.16. The molecule has 728 valence electrons. The van der Waals surface area contributed by atoms with Crippen molar-refractivity contribution in [2.24, 2.45) is 17.6 Å². The molecule has 0 spiro atoms. The van der Waals surface area contributed by atoms with Gasteiger partial charge >= 0.3 is 11.9 Å². The predicted molar refractivity (Wildman–Crippen MR) is 484 cm³/mol. The number of aromatic amines is 1. The molecule has 15 amide bonds. The number of unbranched alkanes of at least 4 members (excludes halogenated alkanes) is 1. The smallest absolute Gasteiger partial charge is 0.305 e. The van der Waals surface area contributed by atoms with Crippen LogP contribution in [0.15, 0.2) is 128 Å². The van der Waals surface area contributed by atoms with Gasteiger partial charge in [0, 0.05) is 108 Å². The Hall–Kier alpha value is -13.5. The van der Waals surface area contributed by atoms with Crippen LogP contribution >= 0.6 is 11.8 Å². The van der Waals surface area contributed by atoms with Crippen LogP contribution in [0, 0.1) is 29.3 Å². The van der Waals surface area contributed by atoms with E-state index >= 15 is 56.7 Å². The molecule has 38 nitrogen and oxygen atoms in total. The number of nitrogens with zero attached hydrogens (tertiary/aromatic N) is 5. The van der Waals surface area contributed by atoms with Crippen LogP contribution in [0.25, 0.3) is 10.9 Å². The third-order valence-electron chi connectivity index (χ3n) is 23.7. The molecule has 6 aromatic rings. The van der Waals surface area contributed by atoms with Crippen LogP contribution < -0.4 is 53.6 Å². The number of phenolic OH excluding ortho intramolecular Hbond substituents is 1. The van der Waals surface area contributed by atoms with Gasteiger partial charge in [-0.25, -0.2) is 13.2 Å². The molecule has 0 radical (unpaired) electrons.